The van der Waals surface area contributed by atoms with Gasteiger partial charge in [-0.3, -0.25) is 9.48 Å². The molecule has 3 rings (SSSR count). The maximum absolute atomic E-state index is 12.5. The summed E-state index contributed by atoms with van der Waals surface area (Å²) in [6.45, 7) is 10.6. The molecule has 1 amide bonds. The molecule has 1 saturated heterocycles. The van der Waals surface area contributed by atoms with Gasteiger partial charge in [0.25, 0.3) is 0 Å². The van der Waals surface area contributed by atoms with E-state index in [-0.39, 0.29) is 22.8 Å². The molecular formula is C18H29N3O2. The van der Waals surface area contributed by atoms with Gasteiger partial charge in [0.1, 0.15) is 0 Å². The molecule has 1 aliphatic carbocycles. The Morgan fingerprint density at radius 1 is 1.43 bits per heavy atom. The molecule has 1 aromatic rings. The highest BCUT2D eigenvalue weighted by atomic mass is 16.5. The topological polar surface area (TPSA) is 56.2 Å². The van der Waals surface area contributed by atoms with Crippen LogP contribution in [0.3, 0.4) is 0 Å². The van der Waals surface area contributed by atoms with E-state index in [0.29, 0.717) is 6.61 Å². The fourth-order valence-corrected chi connectivity index (χ4v) is 3.59. The summed E-state index contributed by atoms with van der Waals surface area (Å²) in [4.78, 5) is 12.5. The number of nitrogens with zero attached hydrogens (tertiary/aromatic N) is 2. The van der Waals surface area contributed by atoms with E-state index >= 15 is 0 Å². The van der Waals surface area contributed by atoms with Crippen molar-refractivity contribution in [3.05, 3.63) is 17.5 Å². The summed E-state index contributed by atoms with van der Waals surface area (Å²) < 4.78 is 7.80. The van der Waals surface area contributed by atoms with E-state index in [2.05, 4.69) is 41.9 Å². The first kappa shape index (κ1) is 16.5. The third-order valence-electron chi connectivity index (χ3n) is 5.25. The zero-order valence-corrected chi connectivity index (χ0v) is 14.8. The van der Waals surface area contributed by atoms with E-state index in [1.165, 1.54) is 18.5 Å². The lowest BCUT2D eigenvalue weighted by Crippen LogP contribution is -2.43. The van der Waals surface area contributed by atoms with Gasteiger partial charge in [0.15, 0.2) is 0 Å². The standard InChI is InChI=1S/C18H29N3O2/c1-13-9-14(2)21(20-13)12-18(6-7-18)11-19-16(22)15-5-8-23-17(3,4)10-15/h9,15H,5-8,10-12H2,1-4H3,(H,19,22)/t15-/m1/s1. The Kier molecular flexibility index (Phi) is 4.25. The molecule has 0 aromatic carbocycles. The molecule has 0 unspecified atom stereocenters. The monoisotopic (exact) mass is 319 g/mol. The van der Waals surface area contributed by atoms with Crippen LogP contribution < -0.4 is 5.32 Å². The number of carbonyl (C=O) groups is 1. The van der Waals surface area contributed by atoms with Gasteiger partial charge in [-0.2, -0.15) is 5.10 Å². The Balaban J connectivity index is 1.53. The van der Waals surface area contributed by atoms with E-state index in [9.17, 15) is 4.79 Å². The minimum absolute atomic E-state index is 0.0863. The van der Waals surface area contributed by atoms with Crippen LogP contribution in [0.1, 0.15) is 50.9 Å². The summed E-state index contributed by atoms with van der Waals surface area (Å²) >= 11 is 0. The average molecular weight is 319 g/mol. The zero-order valence-electron chi connectivity index (χ0n) is 14.8. The molecule has 1 aromatic heterocycles. The van der Waals surface area contributed by atoms with Crippen molar-refractivity contribution in [3.8, 4) is 0 Å². The zero-order chi connectivity index (χ0) is 16.7. The highest BCUT2D eigenvalue weighted by Crippen LogP contribution is 2.46. The number of aromatic nitrogens is 2. The molecule has 1 aliphatic heterocycles. The lowest BCUT2D eigenvalue weighted by atomic mass is 9.87. The molecule has 0 spiro atoms. The Hall–Kier alpha value is -1.36. The molecule has 2 fully saturated rings. The molecule has 5 nitrogen and oxygen atoms in total. The van der Waals surface area contributed by atoms with Crippen LogP contribution in [0.25, 0.3) is 0 Å². The Morgan fingerprint density at radius 2 is 2.17 bits per heavy atom. The van der Waals surface area contributed by atoms with E-state index in [4.69, 9.17) is 4.74 Å². The molecule has 5 heteroatoms. The normalized spacial score (nSPS) is 25.1. The summed E-state index contributed by atoms with van der Waals surface area (Å²) in [6.07, 6.45) is 3.98. The predicted octanol–water partition coefficient (Wildman–Crippen LogP) is 2.60. The first-order valence-electron chi connectivity index (χ1n) is 8.71. The third kappa shape index (κ3) is 3.94. The number of aryl methyl sites for hydroxylation is 2. The summed E-state index contributed by atoms with van der Waals surface area (Å²) in [7, 11) is 0. The maximum Gasteiger partial charge on any atom is 0.223 e. The molecule has 0 bridgehead atoms. The van der Waals surface area contributed by atoms with Gasteiger partial charge in [0.05, 0.1) is 11.3 Å². The second-order valence-electron chi connectivity index (χ2n) is 8.10. The number of hydrogen-bond acceptors (Lipinski definition) is 3. The molecule has 1 saturated carbocycles. The van der Waals surface area contributed by atoms with Crippen molar-refractivity contribution in [2.24, 2.45) is 11.3 Å². The third-order valence-corrected chi connectivity index (χ3v) is 5.25. The first-order valence-corrected chi connectivity index (χ1v) is 8.71. The van der Waals surface area contributed by atoms with E-state index < -0.39 is 0 Å². The van der Waals surface area contributed by atoms with E-state index in [1.54, 1.807) is 0 Å². The number of carbonyl (C=O) groups excluding carboxylic acids is 1. The van der Waals surface area contributed by atoms with Crippen LogP contribution in [0.2, 0.25) is 0 Å². The Bertz CT molecular complexity index is 587. The van der Waals surface area contributed by atoms with Crippen molar-refractivity contribution in [3.63, 3.8) is 0 Å². The molecular weight excluding hydrogens is 290 g/mol. The van der Waals surface area contributed by atoms with Gasteiger partial charge in [-0.25, -0.2) is 0 Å². The van der Waals surface area contributed by atoms with Crippen LogP contribution in [0, 0.1) is 25.2 Å². The summed E-state index contributed by atoms with van der Waals surface area (Å²) in [6, 6.07) is 2.11. The van der Waals surface area contributed by atoms with Crippen molar-refractivity contribution in [1.82, 2.24) is 15.1 Å². The van der Waals surface area contributed by atoms with Crippen LogP contribution in [-0.2, 0) is 16.1 Å². The van der Waals surface area contributed by atoms with Crippen molar-refractivity contribution < 1.29 is 9.53 Å². The van der Waals surface area contributed by atoms with Gasteiger partial charge >= 0.3 is 0 Å². The molecule has 23 heavy (non-hydrogen) atoms. The highest BCUT2D eigenvalue weighted by molar-refractivity contribution is 5.78. The molecule has 1 atom stereocenters. The predicted molar refractivity (Wildman–Crippen MR) is 89.1 cm³/mol. The number of rotatable bonds is 5. The van der Waals surface area contributed by atoms with Gasteiger partial charge in [-0.1, -0.05) is 0 Å². The molecule has 128 valence electrons. The van der Waals surface area contributed by atoms with E-state index in [0.717, 1.165) is 31.6 Å². The van der Waals surface area contributed by atoms with Crippen LogP contribution in [0.5, 0.6) is 0 Å². The van der Waals surface area contributed by atoms with Gasteiger partial charge in [0.2, 0.25) is 5.91 Å². The van der Waals surface area contributed by atoms with Crippen molar-refractivity contribution in [1.29, 1.82) is 0 Å². The fourth-order valence-electron chi connectivity index (χ4n) is 3.59. The number of hydrogen-bond donors (Lipinski definition) is 1. The van der Waals surface area contributed by atoms with Crippen LogP contribution >= 0.6 is 0 Å². The average Bonchev–Trinajstić information content (AvgIpc) is 3.15. The van der Waals surface area contributed by atoms with Crippen molar-refractivity contribution in [2.45, 2.75) is 65.5 Å². The fraction of sp³-hybridized carbons (Fsp3) is 0.778. The number of nitrogens with one attached hydrogen (secondary N) is 1. The quantitative estimate of drug-likeness (QED) is 0.907. The van der Waals surface area contributed by atoms with Crippen molar-refractivity contribution in [2.75, 3.05) is 13.2 Å². The molecule has 2 aliphatic rings. The lowest BCUT2D eigenvalue weighted by molar-refractivity contribution is -0.135. The summed E-state index contributed by atoms with van der Waals surface area (Å²) in [5, 5.41) is 7.76. The second-order valence-corrected chi connectivity index (χ2v) is 8.10. The van der Waals surface area contributed by atoms with Crippen LogP contribution in [0.15, 0.2) is 6.07 Å². The highest BCUT2D eigenvalue weighted by Gasteiger charge is 2.44. The SMILES string of the molecule is Cc1cc(C)n(CC2(CNC(=O)[C@@H]3CCOC(C)(C)C3)CC2)n1. The van der Waals surface area contributed by atoms with Gasteiger partial charge < -0.3 is 10.1 Å². The Morgan fingerprint density at radius 3 is 2.74 bits per heavy atom. The number of amides is 1. The largest absolute Gasteiger partial charge is 0.376 e. The molecule has 2 heterocycles. The van der Waals surface area contributed by atoms with Gasteiger partial charge in [-0.05, 0) is 59.4 Å². The smallest absolute Gasteiger partial charge is 0.223 e. The summed E-state index contributed by atoms with van der Waals surface area (Å²) in [5.74, 6) is 0.282. The number of ether oxygens (including phenoxy) is 1. The minimum atomic E-state index is -0.179. The van der Waals surface area contributed by atoms with E-state index in [1.807, 2.05) is 6.92 Å². The second kappa shape index (κ2) is 5.93. The molecule has 1 N–H and O–H groups in total. The summed E-state index contributed by atoms with van der Waals surface area (Å²) in [5.41, 5.74) is 2.29. The lowest BCUT2D eigenvalue weighted by Gasteiger charge is -2.35. The van der Waals surface area contributed by atoms with Crippen LogP contribution in [0.4, 0.5) is 0 Å². The maximum atomic E-state index is 12.5. The molecule has 0 radical (unpaired) electrons. The Labute approximate surface area is 138 Å². The van der Waals surface area contributed by atoms with Gasteiger partial charge in [0, 0.05) is 36.7 Å². The van der Waals surface area contributed by atoms with Crippen molar-refractivity contribution >= 4 is 5.91 Å². The van der Waals surface area contributed by atoms with Gasteiger partial charge in [-0.15, -0.1) is 0 Å². The first-order chi connectivity index (χ1) is 10.8. The van der Waals surface area contributed by atoms with Crippen LogP contribution in [-0.4, -0.2) is 34.4 Å². The minimum Gasteiger partial charge on any atom is -0.376 e.